The molecule has 2 aromatic carbocycles. The highest BCUT2D eigenvalue weighted by Gasteiger charge is 2.43. The number of hydrogen-bond donors (Lipinski definition) is 3. The van der Waals surface area contributed by atoms with Gasteiger partial charge in [-0.2, -0.15) is 0 Å². The molecule has 8 heteroatoms. The molecule has 1 saturated heterocycles. The number of ether oxygens (including phenoxy) is 1. The molecular weight excluding hydrogens is 616 g/mol. The van der Waals surface area contributed by atoms with Crippen molar-refractivity contribution in [3.05, 3.63) is 87.5 Å². The number of pyridine rings is 1. The molecule has 3 aliphatic rings. The van der Waals surface area contributed by atoms with Gasteiger partial charge in [0.1, 0.15) is 17.2 Å². The predicted octanol–water partition coefficient (Wildman–Crippen LogP) is 6.52. The van der Waals surface area contributed by atoms with Crippen LogP contribution in [-0.2, 0) is 6.42 Å². The van der Waals surface area contributed by atoms with Gasteiger partial charge in [-0.15, -0.1) is 0 Å². The molecule has 1 spiro atoms. The normalized spacial score (nSPS) is 22.2. The summed E-state index contributed by atoms with van der Waals surface area (Å²) >= 11 is 3.63. The fourth-order valence-corrected chi connectivity index (χ4v) is 7.68. The smallest absolute Gasteiger partial charge is 0.251 e. The van der Waals surface area contributed by atoms with Gasteiger partial charge in [0.15, 0.2) is 0 Å². The molecule has 1 amide bonds. The van der Waals surface area contributed by atoms with E-state index in [1.807, 2.05) is 55.5 Å². The molecule has 1 aromatic heterocycles. The zero-order chi connectivity index (χ0) is 30.7. The van der Waals surface area contributed by atoms with E-state index in [0.29, 0.717) is 24.4 Å². The van der Waals surface area contributed by atoms with Crippen molar-refractivity contribution in [1.82, 2.24) is 15.6 Å². The number of carbonyl (C=O) groups excluding carboxylic acids is 1. The molecule has 0 unspecified atom stereocenters. The monoisotopic (exact) mass is 660 g/mol. The van der Waals surface area contributed by atoms with Crippen molar-refractivity contribution in [2.24, 2.45) is 5.92 Å². The summed E-state index contributed by atoms with van der Waals surface area (Å²) in [7, 11) is 0. The van der Waals surface area contributed by atoms with Crippen LogP contribution in [0.25, 0.3) is 0 Å². The molecule has 3 heterocycles. The van der Waals surface area contributed by atoms with Crippen molar-refractivity contribution in [2.75, 3.05) is 24.5 Å². The Labute approximate surface area is 269 Å². The second kappa shape index (κ2) is 13.6. The molecule has 6 rings (SSSR count). The third-order valence-electron chi connectivity index (χ3n) is 9.60. The molecule has 3 aromatic rings. The first kappa shape index (κ1) is 31.1. The number of aliphatic hydroxyl groups excluding tert-OH is 1. The topological polar surface area (TPSA) is 86.7 Å². The predicted molar refractivity (Wildman–Crippen MR) is 178 cm³/mol. The lowest BCUT2D eigenvalue weighted by molar-refractivity contribution is 0.0326. The number of rotatable bonds is 9. The van der Waals surface area contributed by atoms with Gasteiger partial charge in [-0.3, -0.25) is 4.79 Å². The maximum atomic E-state index is 13.8. The molecule has 234 valence electrons. The Balaban J connectivity index is 1.20. The Morgan fingerprint density at radius 1 is 1.14 bits per heavy atom. The Kier molecular flexibility index (Phi) is 9.59. The summed E-state index contributed by atoms with van der Waals surface area (Å²) in [5, 5.41) is 18.5. The third kappa shape index (κ3) is 7.30. The fourth-order valence-electron chi connectivity index (χ4n) is 7.30. The third-order valence-corrected chi connectivity index (χ3v) is 10.1. The number of amides is 1. The second-order valence-corrected chi connectivity index (χ2v) is 14.1. The summed E-state index contributed by atoms with van der Waals surface area (Å²) in [6.07, 6.45) is 7.41. The van der Waals surface area contributed by atoms with Crippen LogP contribution in [0, 0.1) is 12.8 Å². The van der Waals surface area contributed by atoms with E-state index in [4.69, 9.17) is 9.72 Å². The Hall–Kier alpha value is -2.94. The minimum atomic E-state index is -0.803. The first-order valence-corrected chi connectivity index (χ1v) is 17.0. The maximum Gasteiger partial charge on any atom is 0.251 e. The van der Waals surface area contributed by atoms with Gasteiger partial charge in [-0.1, -0.05) is 53.2 Å². The van der Waals surface area contributed by atoms with Crippen LogP contribution >= 0.6 is 15.9 Å². The van der Waals surface area contributed by atoms with Gasteiger partial charge in [-0.05, 0) is 93.7 Å². The van der Waals surface area contributed by atoms with E-state index in [1.54, 1.807) is 0 Å². The largest absolute Gasteiger partial charge is 0.487 e. The van der Waals surface area contributed by atoms with Crippen LogP contribution in [0.3, 0.4) is 0 Å². The van der Waals surface area contributed by atoms with Gasteiger partial charge in [0.2, 0.25) is 0 Å². The van der Waals surface area contributed by atoms with Crippen LogP contribution in [0.4, 0.5) is 5.82 Å². The van der Waals surface area contributed by atoms with Crippen LogP contribution in [0.5, 0.6) is 5.75 Å². The van der Waals surface area contributed by atoms with Crippen molar-refractivity contribution < 1.29 is 14.6 Å². The number of nitrogens with zero attached hydrogens (tertiary/aromatic N) is 2. The van der Waals surface area contributed by atoms with E-state index in [-0.39, 0.29) is 17.6 Å². The van der Waals surface area contributed by atoms with Gasteiger partial charge >= 0.3 is 0 Å². The minimum Gasteiger partial charge on any atom is -0.487 e. The van der Waals surface area contributed by atoms with Crippen molar-refractivity contribution in [3.8, 4) is 5.75 Å². The average Bonchev–Trinajstić information content (AvgIpc) is 3.47. The van der Waals surface area contributed by atoms with E-state index in [9.17, 15) is 9.90 Å². The number of halogens is 1. The lowest BCUT2D eigenvalue weighted by Crippen LogP contribution is -2.50. The first-order valence-electron chi connectivity index (χ1n) is 16.3. The molecular formula is C36H45BrN4O3. The van der Waals surface area contributed by atoms with Crippen LogP contribution in [0.15, 0.2) is 65.1 Å². The number of piperidine rings is 1. The van der Waals surface area contributed by atoms with E-state index in [0.717, 1.165) is 71.6 Å². The number of benzene rings is 2. The summed E-state index contributed by atoms with van der Waals surface area (Å²) in [5.74, 6) is 2.20. The molecule has 1 aliphatic carbocycles. The second-order valence-electron chi connectivity index (χ2n) is 13.2. The summed E-state index contributed by atoms with van der Waals surface area (Å²) in [6.45, 7) is 6.46. The Bertz CT molecular complexity index is 1440. The highest BCUT2D eigenvalue weighted by atomic mass is 79.9. The number of hydrogen-bond acceptors (Lipinski definition) is 6. The standard InChI is InChI=1S/C36H45BrN4O3/c1-24-9-8-16-41(23-24)34-19-27(17-25(2)39-34)35(43)40-30(18-26-10-4-3-5-11-26)32(42)22-38-31-21-36(14-6-7-15-36)44-33-13-12-28(37)20-29(31)33/h3-5,10-13,17,19-20,24,30-32,38,42H,6-9,14-16,18,21-23H2,1-2H3,(H,40,43)/t24-,30+,31+,32+/m1/s1. The maximum absolute atomic E-state index is 13.8. The van der Waals surface area contributed by atoms with Crippen LogP contribution < -0.4 is 20.3 Å². The van der Waals surface area contributed by atoms with Crippen molar-refractivity contribution in [1.29, 1.82) is 0 Å². The van der Waals surface area contributed by atoms with Crippen LogP contribution in [0.1, 0.15) is 85.1 Å². The fraction of sp³-hybridized carbons (Fsp3) is 0.500. The molecule has 0 radical (unpaired) electrons. The number of carbonyl (C=O) groups is 1. The molecule has 7 nitrogen and oxygen atoms in total. The SMILES string of the molecule is Cc1cc(C(=O)N[C@@H](Cc2ccccc2)[C@@H](O)CN[C@H]2CC3(CCCC3)Oc3ccc(Br)cc32)cc(N2CCC[C@@H](C)C2)n1. The van der Waals surface area contributed by atoms with Gasteiger partial charge in [0.05, 0.1) is 12.1 Å². The van der Waals surface area contributed by atoms with E-state index >= 15 is 0 Å². The van der Waals surface area contributed by atoms with Crippen LogP contribution in [0.2, 0.25) is 0 Å². The molecule has 3 N–H and O–H groups in total. The highest BCUT2D eigenvalue weighted by Crippen LogP contribution is 2.47. The van der Waals surface area contributed by atoms with E-state index < -0.39 is 12.1 Å². The summed E-state index contributed by atoms with van der Waals surface area (Å²) in [6, 6.07) is 19.6. The van der Waals surface area contributed by atoms with Crippen molar-refractivity contribution >= 4 is 27.7 Å². The van der Waals surface area contributed by atoms with E-state index in [2.05, 4.69) is 50.5 Å². The van der Waals surface area contributed by atoms with Crippen molar-refractivity contribution in [2.45, 2.75) is 89.0 Å². The summed E-state index contributed by atoms with van der Waals surface area (Å²) in [4.78, 5) is 20.8. The summed E-state index contributed by atoms with van der Waals surface area (Å²) < 4.78 is 7.59. The Morgan fingerprint density at radius 2 is 1.93 bits per heavy atom. The van der Waals surface area contributed by atoms with Gasteiger partial charge < -0.3 is 25.4 Å². The molecule has 2 fully saturated rings. The quantitative estimate of drug-likeness (QED) is 0.242. The number of anilines is 1. The highest BCUT2D eigenvalue weighted by molar-refractivity contribution is 9.10. The van der Waals surface area contributed by atoms with Crippen LogP contribution in [-0.4, -0.2) is 53.4 Å². The number of fused-ring (bicyclic) bond motifs is 1. The number of aromatic nitrogens is 1. The number of nitrogens with one attached hydrogen (secondary N) is 2. The van der Waals surface area contributed by atoms with Gasteiger partial charge in [-0.25, -0.2) is 4.98 Å². The minimum absolute atomic E-state index is 0.0504. The first-order chi connectivity index (χ1) is 21.3. The number of aryl methyl sites for hydroxylation is 1. The zero-order valence-corrected chi connectivity index (χ0v) is 27.5. The molecule has 4 atom stereocenters. The van der Waals surface area contributed by atoms with E-state index in [1.165, 1.54) is 19.3 Å². The lowest BCUT2D eigenvalue weighted by atomic mass is 9.85. The molecule has 44 heavy (non-hydrogen) atoms. The lowest BCUT2D eigenvalue weighted by Gasteiger charge is -2.41. The molecule has 0 bridgehead atoms. The average molecular weight is 662 g/mol. The number of aliphatic hydroxyl groups is 1. The summed E-state index contributed by atoms with van der Waals surface area (Å²) in [5.41, 5.74) is 3.42. The van der Waals surface area contributed by atoms with Gasteiger partial charge in [0.25, 0.3) is 5.91 Å². The zero-order valence-electron chi connectivity index (χ0n) is 25.9. The molecule has 1 saturated carbocycles. The Morgan fingerprint density at radius 3 is 2.70 bits per heavy atom. The van der Waals surface area contributed by atoms with Crippen molar-refractivity contribution in [3.63, 3.8) is 0 Å². The molecule has 2 aliphatic heterocycles. The van der Waals surface area contributed by atoms with Gasteiger partial charge in [0, 0.05) is 53.4 Å².